The second-order valence-corrected chi connectivity index (χ2v) is 2.86. The van der Waals surface area contributed by atoms with Crippen LogP contribution in [0.25, 0.3) is 0 Å². The largest absolute Gasteiger partial charge is 0.353 e. The maximum atomic E-state index is 5.37. The van der Waals surface area contributed by atoms with Crippen molar-refractivity contribution in [2.45, 2.75) is 39.9 Å². The van der Waals surface area contributed by atoms with Gasteiger partial charge in [-0.15, -0.1) is 0 Å². The lowest BCUT2D eigenvalue weighted by Crippen LogP contribution is -2.18. The molecule has 0 heterocycles. The lowest BCUT2D eigenvalue weighted by molar-refractivity contribution is -0.137. The highest BCUT2D eigenvalue weighted by atomic mass is 16.7. The molecule has 0 aliphatic carbocycles. The average Bonchev–Trinajstić information content (AvgIpc) is 2.18. The Bertz CT molecular complexity index is 134. The van der Waals surface area contributed by atoms with E-state index in [2.05, 4.69) is 17.2 Å². The van der Waals surface area contributed by atoms with E-state index in [1.54, 1.807) is 0 Å². The molecule has 84 valence electrons. The minimum absolute atomic E-state index is 0.120. The molecule has 0 aromatic rings. The molecule has 0 saturated heterocycles. The SMILES string of the molecule is CCCN=NCCC(OCC)OCC. The second-order valence-electron chi connectivity index (χ2n) is 2.86. The highest BCUT2D eigenvalue weighted by Gasteiger charge is 2.05. The number of nitrogens with zero attached hydrogens (tertiary/aromatic N) is 2. The minimum Gasteiger partial charge on any atom is -0.353 e. The topological polar surface area (TPSA) is 43.2 Å². The van der Waals surface area contributed by atoms with Gasteiger partial charge in [0.25, 0.3) is 0 Å². The number of hydrogen-bond acceptors (Lipinski definition) is 4. The standard InChI is InChI=1S/C10H22N2O2/c1-4-8-11-12-9-7-10(13-5-2)14-6-3/h10H,4-9H2,1-3H3. The molecule has 0 radical (unpaired) electrons. The summed E-state index contributed by atoms with van der Waals surface area (Å²) in [5, 5.41) is 8.03. The second kappa shape index (κ2) is 10.6. The van der Waals surface area contributed by atoms with E-state index in [9.17, 15) is 0 Å². The van der Waals surface area contributed by atoms with Gasteiger partial charge >= 0.3 is 0 Å². The lowest BCUT2D eigenvalue weighted by atomic mass is 10.4. The fraction of sp³-hybridized carbons (Fsp3) is 1.00. The summed E-state index contributed by atoms with van der Waals surface area (Å²) in [6.45, 7) is 8.86. The van der Waals surface area contributed by atoms with Crippen LogP contribution in [0.1, 0.15) is 33.6 Å². The Kier molecular flexibility index (Phi) is 10.2. The molecule has 0 aromatic heterocycles. The zero-order chi connectivity index (χ0) is 10.6. The van der Waals surface area contributed by atoms with Gasteiger partial charge in [0.05, 0.1) is 13.1 Å². The summed E-state index contributed by atoms with van der Waals surface area (Å²) in [7, 11) is 0. The van der Waals surface area contributed by atoms with Gasteiger partial charge < -0.3 is 9.47 Å². The van der Waals surface area contributed by atoms with E-state index < -0.39 is 0 Å². The summed E-state index contributed by atoms with van der Waals surface area (Å²) in [5.41, 5.74) is 0. The van der Waals surface area contributed by atoms with E-state index in [-0.39, 0.29) is 6.29 Å². The van der Waals surface area contributed by atoms with Gasteiger partial charge in [-0.05, 0) is 20.3 Å². The van der Waals surface area contributed by atoms with Gasteiger partial charge in [-0.2, -0.15) is 10.2 Å². The van der Waals surface area contributed by atoms with Crippen molar-refractivity contribution in [3.63, 3.8) is 0 Å². The lowest BCUT2D eigenvalue weighted by Gasteiger charge is -2.14. The van der Waals surface area contributed by atoms with Crippen molar-refractivity contribution in [1.82, 2.24) is 0 Å². The molecule has 0 aromatic carbocycles. The predicted octanol–water partition coefficient (Wildman–Crippen LogP) is 2.64. The van der Waals surface area contributed by atoms with Gasteiger partial charge in [0.2, 0.25) is 0 Å². The normalized spacial score (nSPS) is 11.7. The number of hydrogen-bond donors (Lipinski definition) is 0. The summed E-state index contributed by atoms with van der Waals surface area (Å²) in [6.07, 6.45) is 1.71. The van der Waals surface area contributed by atoms with E-state index in [0.29, 0.717) is 19.8 Å². The molecule has 0 saturated carbocycles. The monoisotopic (exact) mass is 202 g/mol. The first kappa shape index (κ1) is 13.5. The first-order valence-electron chi connectivity index (χ1n) is 5.41. The zero-order valence-electron chi connectivity index (χ0n) is 9.53. The van der Waals surface area contributed by atoms with Crippen molar-refractivity contribution in [2.24, 2.45) is 10.2 Å². The van der Waals surface area contributed by atoms with Crippen LogP contribution in [-0.2, 0) is 9.47 Å². The fourth-order valence-corrected chi connectivity index (χ4v) is 0.991. The molecule has 4 heteroatoms. The van der Waals surface area contributed by atoms with Crippen LogP contribution >= 0.6 is 0 Å². The average molecular weight is 202 g/mol. The molecule has 4 nitrogen and oxygen atoms in total. The Hall–Kier alpha value is -0.480. The predicted molar refractivity (Wildman–Crippen MR) is 56.5 cm³/mol. The molecule has 0 bridgehead atoms. The smallest absolute Gasteiger partial charge is 0.159 e. The summed E-state index contributed by atoms with van der Waals surface area (Å²) in [5.74, 6) is 0. The quantitative estimate of drug-likeness (QED) is 0.426. The number of rotatable bonds is 9. The summed E-state index contributed by atoms with van der Waals surface area (Å²) >= 11 is 0. The van der Waals surface area contributed by atoms with Crippen LogP contribution in [0.2, 0.25) is 0 Å². The van der Waals surface area contributed by atoms with Crippen molar-refractivity contribution in [1.29, 1.82) is 0 Å². The number of ether oxygens (including phenoxy) is 2. The molecule has 0 unspecified atom stereocenters. The maximum Gasteiger partial charge on any atom is 0.159 e. The molecule has 0 atom stereocenters. The molecule has 0 N–H and O–H groups in total. The van der Waals surface area contributed by atoms with Gasteiger partial charge in [0.15, 0.2) is 6.29 Å². The molecular formula is C10H22N2O2. The highest BCUT2D eigenvalue weighted by Crippen LogP contribution is 2.01. The van der Waals surface area contributed by atoms with E-state index in [1.807, 2.05) is 13.8 Å². The number of azo groups is 1. The van der Waals surface area contributed by atoms with Crippen LogP contribution in [0.3, 0.4) is 0 Å². The van der Waals surface area contributed by atoms with Crippen LogP contribution in [-0.4, -0.2) is 32.6 Å². The third-order valence-corrected chi connectivity index (χ3v) is 1.59. The third-order valence-electron chi connectivity index (χ3n) is 1.59. The van der Waals surface area contributed by atoms with Gasteiger partial charge in [0, 0.05) is 19.6 Å². The minimum atomic E-state index is -0.120. The molecule has 0 spiro atoms. The first-order chi connectivity index (χ1) is 6.85. The van der Waals surface area contributed by atoms with Gasteiger partial charge in [0.1, 0.15) is 0 Å². The van der Waals surface area contributed by atoms with E-state index >= 15 is 0 Å². The molecule has 0 fully saturated rings. The van der Waals surface area contributed by atoms with Gasteiger partial charge in [-0.25, -0.2) is 0 Å². The Morgan fingerprint density at radius 3 is 2.00 bits per heavy atom. The molecule has 14 heavy (non-hydrogen) atoms. The van der Waals surface area contributed by atoms with Gasteiger partial charge in [-0.3, -0.25) is 0 Å². The molecule has 0 aliphatic heterocycles. The molecular weight excluding hydrogens is 180 g/mol. The first-order valence-corrected chi connectivity index (χ1v) is 5.41. The van der Waals surface area contributed by atoms with Crippen molar-refractivity contribution >= 4 is 0 Å². The van der Waals surface area contributed by atoms with Crippen LogP contribution in [0.5, 0.6) is 0 Å². The third kappa shape index (κ3) is 8.13. The zero-order valence-corrected chi connectivity index (χ0v) is 9.53. The van der Waals surface area contributed by atoms with Crippen LogP contribution in [0.4, 0.5) is 0 Å². The highest BCUT2D eigenvalue weighted by molar-refractivity contribution is 4.48. The van der Waals surface area contributed by atoms with Crippen molar-refractivity contribution < 1.29 is 9.47 Å². The molecule has 0 amide bonds. The van der Waals surface area contributed by atoms with Crippen molar-refractivity contribution in [2.75, 3.05) is 26.3 Å². The van der Waals surface area contributed by atoms with Crippen LogP contribution in [0, 0.1) is 0 Å². The fourth-order valence-electron chi connectivity index (χ4n) is 0.991. The molecule has 0 rings (SSSR count). The Balaban J connectivity index is 3.48. The van der Waals surface area contributed by atoms with Gasteiger partial charge in [-0.1, -0.05) is 6.92 Å². The summed E-state index contributed by atoms with van der Waals surface area (Å²) < 4.78 is 10.7. The van der Waals surface area contributed by atoms with E-state index in [0.717, 1.165) is 19.4 Å². The summed E-state index contributed by atoms with van der Waals surface area (Å²) in [4.78, 5) is 0. The Morgan fingerprint density at radius 1 is 0.929 bits per heavy atom. The van der Waals surface area contributed by atoms with Crippen molar-refractivity contribution in [3.05, 3.63) is 0 Å². The van der Waals surface area contributed by atoms with Crippen LogP contribution in [0.15, 0.2) is 10.2 Å². The summed E-state index contributed by atoms with van der Waals surface area (Å²) in [6, 6.07) is 0. The Morgan fingerprint density at radius 2 is 1.50 bits per heavy atom. The Labute approximate surface area is 86.7 Å². The van der Waals surface area contributed by atoms with Crippen molar-refractivity contribution in [3.8, 4) is 0 Å². The van der Waals surface area contributed by atoms with Crippen LogP contribution < -0.4 is 0 Å². The molecule has 0 aliphatic rings. The van der Waals surface area contributed by atoms with E-state index in [1.165, 1.54) is 0 Å². The maximum absolute atomic E-state index is 5.37. The van der Waals surface area contributed by atoms with E-state index in [4.69, 9.17) is 9.47 Å².